The zero-order chi connectivity index (χ0) is 23.6. The van der Waals surface area contributed by atoms with Crippen molar-refractivity contribution in [3.05, 3.63) is 50.5 Å². The number of carbonyl (C=O) groups excluding carboxylic acids is 1. The highest BCUT2D eigenvalue weighted by atomic mass is 19.1. The molecule has 0 unspecified atom stereocenters. The van der Waals surface area contributed by atoms with Gasteiger partial charge in [-0.2, -0.15) is 4.39 Å². The van der Waals surface area contributed by atoms with Gasteiger partial charge in [0, 0.05) is 12.1 Å². The van der Waals surface area contributed by atoms with Crippen LogP contribution in [0.3, 0.4) is 0 Å². The maximum atomic E-state index is 13.6. The van der Waals surface area contributed by atoms with Gasteiger partial charge in [-0.05, 0) is 0 Å². The Balaban J connectivity index is 1.78. The van der Waals surface area contributed by atoms with Crippen molar-refractivity contribution in [1.29, 1.82) is 0 Å². The fourth-order valence-corrected chi connectivity index (χ4v) is 3.18. The van der Waals surface area contributed by atoms with E-state index in [1.165, 1.54) is 33.5 Å². The normalized spacial score (nSPS) is 22.4. The van der Waals surface area contributed by atoms with E-state index in [1.807, 2.05) is 0 Å². The van der Waals surface area contributed by atoms with Crippen LogP contribution >= 0.6 is 0 Å². The molecular weight excluding hydrogens is 435 g/mol. The molecule has 1 fully saturated rings. The maximum absolute atomic E-state index is 13.6. The molecule has 0 saturated carbocycles. The molecule has 3 N–H and O–H groups in total. The molecule has 32 heavy (non-hydrogen) atoms. The van der Waals surface area contributed by atoms with Crippen molar-refractivity contribution in [2.45, 2.75) is 24.5 Å². The van der Waals surface area contributed by atoms with Gasteiger partial charge in [0.05, 0.1) is 27.5 Å². The Labute approximate surface area is 179 Å². The van der Waals surface area contributed by atoms with E-state index in [-0.39, 0.29) is 17.1 Å². The quantitative estimate of drug-likeness (QED) is 0.449. The summed E-state index contributed by atoms with van der Waals surface area (Å²) in [5.41, 5.74) is -2.36. The van der Waals surface area contributed by atoms with Crippen molar-refractivity contribution in [2.24, 2.45) is 0 Å². The molecule has 3 rings (SSSR count). The van der Waals surface area contributed by atoms with Gasteiger partial charge in [-0.15, -0.1) is 0 Å². The van der Waals surface area contributed by atoms with Gasteiger partial charge in [-0.1, -0.05) is 0 Å². The fourth-order valence-electron chi connectivity index (χ4n) is 3.18. The monoisotopic (exact) mass is 456 g/mol. The van der Waals surface area contributed by atoms with E-state index >= 15 is 0 Å². The molecule has 13 heteroatoms. The first-order chi connectivity index (χ1) is 15.2. The molecular formula is C19H21FN2O10. The molecule has 174 valence electrons. The van der Waals surface area contributed by atoms with E-state index in [9.17, 15) is 29.0 Å². The molecule has 2 heterocycles. The second kappa shape index (κ2) is 9.38. The standard InChI is InChI=1S/C19H21FN2O10/c1-28-8-4-10(29-2)13(11(5-8)30-3)18(26)31-7-12-14(23)15(24)17(32-12)22-6-9(20)16(25)21-19(22)27/h4-6,12,14-15,17,23-24H,7H2,1-3H3,(H,21,25,27)/t12-,14-,15-,17-/m1/s1. The summed E-state index contributed by atoms with van der Waals surface area (Å²) in [7, 11) is 4.08. The number of benzene rings is 1. The molecule has 4 atom stereocenters. The van der Waals surface area contributed by atoms with Gasteiger partial charge in [0.2, 0.25) is 5.82 Å². The van der Waals surface area contributed by atoms with Crippen LogP contribution < -0.4 is 25.5 Å². The molecule has 1 aliphatic rings. The van der Waals surface area contributed by atoms with Crippen LogP contribution in [0.15, 0.2) is 27.9 Å². The van der Waals surface area contributed by atoms with Gasteiger partial charge in [0.15, 0.2) is 6.23 Å². The van der Waals surface area contributed by atoms with E-state index in [0.29, 0.717) is 16.5 Å². The van der Waals surface area contributed by atoms with E-state index in [4.69, 9.17) is 23.7 Å². The molecule has 0 amide bonds. The second-order valence-corrected chi connectivity index (χ2v) is 6.70. The predicted octanol–water partition coefficient (Wildman–Crippen LogP) is -0.822. The molecule has 0 aliphatic carbocycles. The summed E-state index contributed by atoms with van der Waals surface area (Å²) in [6.07, 6.45) is -5.52. The largest absolute Gasteiger partial charge is 0.496 e. The molecule has 0 radical (unpaired) electrons. The number of methoxy groups -OCH3 is 3. The van der Waals surface area contributed by atoms with Crippen LogP contribution in [0.1, 0.15) is 16.6 Å². The predicted molar refractivity (Wildman–Crippen MR) is 104 cm³/mol. The highest BCUT2D eigenvalue weighted by molar-refractivity contribution is 5.96. The number of aliphatic hydroxyl groups is 2. The van der Waals surface area contributed by atoms with Gasteiger partial charge < -0.3 is 33.9 Å². The van der Waals surface area contributed by atoms with E-state index in [0.717, 1.165) is 0 Å². The molecule has 0 bridgehead atoms. The van der Waals surface area contributed by atoms with Gasteiger partial charge >= 0.3 is 11.7 Å². The van der Waals surface area contributed by atoms with Gasteiger partial charge in [-0.25, -0.2) is 9.59 Å². The van der Waals surface area contributed by atoms with Crippen molar-refractivity contribution < 1.29 is 43.1 Å². The van der Waals surface area contributed by atoms with E-state index in [2.05, 4.69) is 0 Å². The Kier molecular flexibility index (Phi) is 6.81. The van der Waals surface area contributed by atoms with Crippen molar-refractivity contribution in [3.63, 3.8) is 0 Å². The number of rotatable bonds is 7. The molecule has 1 aromatic heterocycles. The lowest BCUT2D eigenvalue weighted by molar-refractivity contribution is -0.0603. The average Bonchev–Trinajstić information content (AvgIpc) is 3.07. The number of H-pyrrole nitrogens is 1. The fraction of sp³-hybridized carbons (Fsp3) is 0.421. The Morgan fingerprint density at radius 3 is 2.31 bits per heavy atom. The number of aromatic nitrogens is 2. The highest BCUT2D eigenvalue weighted by Crippen LogP contribution is 2.35. The molecule has 1 aromatic carbocycles. The van der Waals surface area contributed by atoms with E-state index in [1.54, 1.807) is 4.98 Å². The third kappa shape index (κ3) is 4.30. The van der Waals surface area contributed by atoms with Crippen LogP contribution in [0.2, 0.25) is 0 Å². The van der Waals surface area contributed by atoms with Crippen LogP contribution in [0.25, 0.3) is 0 Å². The van der Waals surface area contributed by atoms with Gasteiger partial charge in [0.25, 0.3) is 5.56 Å². The number of nitrogens with zero attached hydrogens (tertiary/aromatic N) is 1. The first kappa shape index (κ1) is 23.2. The lowest BCUT2D eigenvalue weighted by Crippen LogP contribution is -2.38. The first-order valence-electron chi connectivity index (χ1n) is 9.21. The Morgan fingerprint density at radius 2 is 1.75 bits per heavy atom. The number of esters is 1. The first-order valence-corrected chi connectivity index (χ1v) is 9.21. The zero-order valence-corrected chi connectivity index (χ0v) is 17.2. The summed E-state index contributed by atoms with van der Waals surface area (Å²) >= 11 is 0. The second-order valence-electron chi connectivity index (χ2n) is 6.70. The summed E-state index contributed by atoms with van der Waals surface area (Å²) in [4.78, 5) is 37.5. The summed E-state index contributed by atoms with van der Waals surface area (Å²) in [6, 6.07) is 2.88. The number of nitrogens with one attached hydrogen (secondary N) is 1. The Hall–Kier alpha value is -3.42. The smallest absolute Gasteiger partial charge is 0.345 e. The number of ether oxygens (including phenoxy) is 5. The topological polar surface area (TPSA) is 159 Å². The van der Waals surface area contributed by atoms with Crippen LogP contribution in [-0.4, -0.2) is 72.0 Å². The van der Waals surface area contributed by atoms with Crippen molar-refractivity contribution in [3.8, 4) is 17.2 Å². The summed E-state index contributed by atoms with van der Waals surface area (Å²) < 4.78 is 40.2. The van der Waals surface area contributed by atoms with Crippen molar-refractivity contribution >= 4 is 5.97 Å². The average molecular weight is 456 g/mol. The van der Waals surface area contributed by atoms with Gasteiger partial charge in [-0.3, -0.25) is 14.3 Å². The van der Waals surface area contributed by atoms with Crippen LogP contribution in [-0.2, 0) is 9.47 Å². The molecule has 12 nitrogen and oxygen atoms in total. The van der Waals surface area contributed by atoms with Crippen LogP contribution in [0.5, 0.6) is 17.2 Å². The molecule has 2 aromatic rings. The number of carbonyl (C=O) groups is 1. The number of hydrogen-bond donors (Lipinski definition) is 3. The van der Waals surface area contributed by atoms with Crippen LogP contribution in [0, 0.1) is 5.82 Å². The third-order valence-corrected chi connectivity index (χ3v) is 4.83. The lowest BCUT2D eigenvalue weighted by Gasteiger charge is -2.17. The summed E-state index contributed by atoms with van der Waals surface area (Å²) in [5.74, 6) is -1.60. The number of aromatic amines is 1. The molecule has 1 saturated heterocycles. The number of halogens is 1. The Morgan fingerprint density at radius 1 is 1.12 bits per heavy atom. The Bertz CT molecular complexity index is 1090. The van der Waals surface area contributed by atoms with E-state index < -0.39 is 54.2 Å². The minimum Gasteiger partial charge on any atom is -0.496 e. The molecule has 1 aliphatic heterocycles. The minimum absolute atomic E-state index is 0.0562. The SMILES string of the molecule is COc1cc(OC)c(C(=O)OC[C@H]2O[C@@H](n3cc(F)c(=O)[nH]c3=O)[C@H](O)[C@@H]2O)c(OC)c1. The minimum atomic E-state index is -1.67. The zero-order valence-electron chi connectivity index (χ0n) is 17.2. The maximum Gasteiger partial charge on any atom is 0.345 e. The van der Waals surface area contributed by atoms with Gasteiger partial charge in [0.1, 0.15) is 47.7 Å². The number of aliphatic hydroxyl groups excluding tert-OH is 2. The third-order valence-electron chi connectivity index (χ3n) is 4.83. The highest BCUT2D eigenvalue weighted by Gasteiger charge is 2.45. The van der Waals surface area contributed by atoms with Crippen LogP contribution in [0.4, 0.5) is 4.39 Å². The van der Waals surface area contributed by atoms with Crippen molar-refractivity contribution in [1.82, 2.24) is 9.55 Å². The molecule has 0 spiro atoms. The lowest BCUT2D eigenvalue weighted by atomic mass is 10.1. The summed E-state index contributed by atoms with van der Waals surface area (Å²) in [5, 5.41) is 20.5. The van der Waals surface area contributed by atoms with Crippen molar-refractivity contribution in [2.75, 3.05) is 27.9 Å². The number of hydrogen-bond acceptors (Lipinski definition) is 10. The summed E-state index contributed by atoms with van der Waals surface area (Å²) in [6.45, 7) is -0.535.